The van der Waals surface area contributed by atoms with E-state index in [9.17, 15) is 4.79 Å². The Morgan fingerprint density at radius 3 is 1.72 bits per heavy atom. The number of amides is 1. The monoisotopic (exact) mass is 558 g/mol. The van der Waals surface area contributed by atoms with Gasteiger partial charge in [-0.3, -0.25) is 4.79 Å². The van der Waals surface area contributed by atoms with E-state index in [4.69, 9.17) is 34.8 Å². The smallest absolute Gasteiger partial charge is 0.233 e. The van der Waals surface area contributed by atoms with Crippen LogP contribution in [0.25, 0.3) is 0 Å². The van der Waals surface area contributed by atoms with Crippen molar-refractivity contribution in [3.63, 3.8) is 0 Å². The van der Waals surface area contributed by atoms with Gasteiger partial charge >= 0.3 is 0 Å². The maximum Gasteiger partial charge on any atom is 0.233 e. The molecule has 3 aromatic rings. The Morgan fingerprint density at radius 1 is 0.793 bits per heavy atom. The highest BCUT2D eigenvalue weighted by Crippen LogP contribution is 2.32. The lowest BCUT2D eigenvalue weighted by molar-refractivity contribution is -0.122. The summed E-state index contributed by atoms with van der Waals surface area (Å²) in [5.74, 6) is -0.803. The minimum Gasteiger partial charge on any atom is -0.362 e. The number of halogens is 4. The minimum atomic E-state index is -1.75. The molecular weight excluding hydrogens is 542 g/mol. The fourth-order valence-corrected chi connectivity index (χ4v) is 3.61. The van der Waals surface area contributed by atoms with Gasteiger partial charge < -0.3 is 10.6 Å². The number of hydrogen-bond acceptors (Lipinski definition) is 2. The van der Waals surface area contributed by atoms with Gasteiger partial charge in [0.05, 0.1) is 5.92 Å². The predicted molar refractivity (Wildman–Crippen MR) is 130 cm³/mol. The van der Waals surface area contributed by atoms with Gasteiger partial charge in [-0.05, 0) is 58.0 Å². The largest absolute Gasteiger partial charge is 0.362 e. The zero-order valence-electron chi connectivity index (χ0n) is 15.2. The van der Waals surface area contributed by atoms with E-state index in [1.165, 1.54) is 0 Å². The van der Waals surface area contributed by atoms with Crippen molar-refractivity contribution in [3.05, 3.63) is 99.6 Å². The third-order valence-corrected chi connectivity index (χ3v) is 5.67. The van der Waals surface area contributed by atoms with Gasteiger partial charge in [-0.25, -0.2) is 0 Å². The first kappa shape index (κ1) is 22.2. The summed E-state index contributed by atoms with van der Waals surface area (Å²) in [5.41, 5.74) is 2.44. The molecule has 3 rings (SSSR count). The number of benzene rings is 3. The third-order valence-electron chi connectivity index (χ3n) is 4.30. The summed E-state index contributed by atoms with van der Waals surface area (Å²) in [4.78, 5) is 13.3. The maximum atomic E-state index is 13.3. The van der Waals surface area contributed by atoms with Crippen molar-refractivity contribution in [2.24, 2.45) is 0 Å². The second-order valence-corrected chi connectivity index (χ2v) is 10.0. The quantitative estimate of drug-likeness (QED) is 0.210. The van der Waals surface area contributed by atoms with Crippen LogP contribution >= 0.6 is 57.4 Å². The molecule has 0 saturated heterocycles. The van der Waals surface area contributed by atoms with Gasteiger partial charge in [-0.15, -0.1) is 0 Å². The van der Waals surface area contributed by atoms with E-state index >= 15 is 0 Å². The van der Waals surface area contributed by atoms with Crippen LogP contribution < -0.4 is 10.6 Å². The van der Waals surface area contributed by atoms with Crippen LogP contribution in [0, 0.1) is 3.57 Å². The van der Waals surface area contributed by atoms with E-state index in [2.05, 4.69) is 33.2 Å². The second kappa shape index (κ2) is 10.0. The number of hydrogen-bond donors (Lipinski definition) is 2. The molecular formula is C22H18Cl3IN2O. The van der Waals surface area contributed by atoms with E-state index in [0.29, 0.717) is 0 Å². The highest BCUT2D eigenvalue weighted by molar-refractivity contribution is 14.1. The normalized spacial score (nSPS) is 12.4. The molecule has 0 saturated carbocycles. The number of anilines is 1. The van der Waals surface area contributed by atoms with Crippen molar-refractivity contribution >= 4 is 69.0 Å². The first-order valence-corrected chi connectivity index (χ1v) is 11.0. The first-order chi connectivity index (χ1) is 13.8. The number of alkyl halides is 3. The molecule has 0 aromatic heterocycles. The zero-order valence-corrected chi connectivity index (χ0v) is 19.6. The molecule has 0 aliphatic carbocycles. The van der Waals surface area contributed by atoms with Crippen LogP contribution in [-0.4, -0.2) is 15.9 Å². The molecule has 3 nitrogen and oxygen atoms in total. The Balaban J connectivity index is 1.88. The van der Waals surface area contributed by atoms with Crippen LogP contribution in [0.5, 0.6) is 0 Å². The van der Waals surface area contributed by atoms with Crippen molar-refractivity contribution in [3.8, 4) is 0 Å². The fourth-order valence-electron chi connectivity index (χ4n) is 2.92. The van der Waals surface area contributed by atoms with Crippen LogP contribution in [0.15, 0.2) is 84.9 Å². The van der Waals surface area contributed by atoms with E-state index in [-0.39, 0.29) is 5.91 Å². The molecule has 2 N–H and O–H groups in total. The molecule has 0 radical (unpaired) electrons. The molecule has 0 fully saturated rings. The summed E-state index contributed by atoms with van der Waals surface area (Å²) in [6.45, 7) is 0. The number of rotatable bonds is 6. The molecule has 1 atom stereocenters. The van der Waals surface area contributed by atoms with Crippen molar-refractivity contribution < 1.29 is 4.79 Å². The SMILES string of the molecule is O=C(N[C@H](Nc1ccc(I)cc1)C(Cl)(Cl)Cl)C(c1ccccc1)c1ccccc1. The Bertz CT molecular complexity index is 892. The van der Waals surface area contributed by atoms with Crippen LogP contribution in [0.4, 0.5) is 5.69 Å². The van der Waals surface area contributed by atoms with Crippen molar-refractivity contribution in [2.75, 3.05) is 5.32 Å². The standard InChI is InChI=1S/C22H18Cl3IN2O/c23-22(24,25)21(27-18-13-11-17(26)12-14-18)28-20(29)19(15-7-3-1-4-8-15)16-9-5-2-6-10-16/h1-14,19,21,27H,(H,28,29)/t21-/m0/s1. The number of nitrogens with one attached hydrogen (secondary N) is 2. The van der Waals surface area contributed by atoms with Crippen LogP contribution in [0.1, 0.15) is 17.0 Å². The molecule has 0 heterocycles. The predicted octanol–water partition coefficient (Wildman–Crippen LogP) is 6.35. The Kier molecular flexibility index (Phi) is 7.68. The van der Waals surface area contributed by atoms with Crippen LogP contribution in [-0.2, 0) is 4.79 Å². The lowest BCUT2D eigenvalue weighted by Gasteiger charge is -2.29. The molecule has 150 valence electrons. The van der Waals surface area contributed by atoms with Crippen LogP contribution in [0.2, 0.25) is 0 Å². The average molecular weight is 560 g/mol. The molecule has 0 bridgehead atoms. The second-order valence-electron chi connectivity index (χ2n) is 6.39. The lowest BCUT2D eigenvalue weighted by Crippen LogP contribution is -2.50. The zero-order chi connectivity index (χ0) is 20.9. The van der Waals surface area contributed by atoms with Gasteiger partial charge in [0, 0.05) is 9.26 Å². The molecule has 29 heavy (non-hydrogen) atoms. The summed E-state index contributed by atoms with van der Waals surface area (Å²) in [6.07, 6.45) is -0.921. The highest BCUT2D eigenvalue weighted by Gasteiger charge is 2.36. The van der Waals surface area contributed by atoms with Gasteiger partial charge in [0.2, 0.25) is 9.70 Å². The topological polar surface area (TPSA) is 41.1 Å². The molecule has 0 aliphatic rings. The van der Waals surface area contributed by atoms with Crippen molar-refractivity contribution in [1.29, 1.82) is 0 Å². The van der Waals surface area contributed by atoms with Gasteiger partial charge in [0.1, 0.15) is 6.17 Å². The number of carbonyl (C=O) groups is 1. The Hall–Kier alpha value is -1.47. The average Bonchev–Trinajstić information content (AvgIpc) is 2.70. The molecule has 0 spiro atoms. The lowest BCUT2D eigenvalue weighted by atomic mass is 9.90. The van der Waals surface area contributed by atoms with Gasteiger partial charge in [0.15, 0.2) is 0 Å². The van der Waals surface area contributed by atoms with Crippen molar-refractivity contribution in [2.45, 2.75) is 15.9 Å². The van der Waals surface area contributed by atoms with Crippen LogP contribution in [0.3, 0.4) is 0 Å². The summed E-state index contributed by atoms with van der Waals surface area (Å²) in [7, 11) is 0. The molecule has 7 heteroatoms. The van der Waals surface area contributed by atoms with E-state index < -0.39 is 15.9 Å². The van der Waals surface area contributed by atoms with E-state index in [1.807, 2.05) is 84.9 Å². The summed E-state index contributed by atoms with van der Waals surface area (Å²) in [6, 6.07) is 26.6. The molecule has 1 amide bonds. The van der Waals surface area contributed by atoms with E-state index in [0.717, 1.165) is 20.4 Å². The first-order valence-electron chi connectivity index (χ1n) is 8.83. The third kappa shape index (κ3) is 6.25. The molecule has 3 aromatic carbocycles. The Labute approximate surface area is 198 Å². The summed E-state index contributed by atoms with van der Waals surface area (Å²) < 4.78 is -0.674. The minimum absolute atomic E-state index is 0.267. The summed E-state index contributed by atoms with van der Waals surface area (Å²) >= 11 is 20.7. The highest BCUT2D eigenvalue weighted by atomic mass is 127. The number of carbonyl (C=O) groups excluding carboxylic acids is 1. The summed E-state index contributed by atoms with van der Waals surface area (Å²) in [5, 5.41) is 5.97. The fraction of sp³-hybridized carbons (Fsp3) is 0.136. The van der Waals surface area contributed by atoms with Gasteiger partial charge in [-0.2, -0.15) is 0 Å². The van der Waals surface area contributed by atoms with Gasteiger partial charge in [0.25, 0.3) is 0 Å². The Morgan fingerprint density at radius 2 is 1.28 bits per heavy atom. The molecule has 0 aliphatic heterocycles. The maximum absolute atomic E-state index is 13.3. The van der Waals surface area contributed by atoms with Gasteiger partial charge in [-0.1, -0.05) is 95.5 Å². The van der Waals surface area contributed by atoms with Crippen molar-refractivity contribution in [1.82, 2.24) is 5.32 Å². The van der Waals surface area contributed by atoms with E-state index in [1.54, 1.807) is 0 Å². The molecule has 0 unspecified atom stereocenters.